The fourth-order valence-corrected chi connectivity index (χ4v) is 1.96. The van der Waals surface area contributed by atoms with E-state index in [1.165, 1.54) is 18.2 Å². The third-order valence-electron chi connectivity index (χ3n) is 2.77. The summed E-state index contributed by atoms with van der Waals surface area (Å²) in [7, 11) is 0. The summed E-state index contributed by atoms with van der Waals surface area (Å²) in [5.74, 6) is -0.770. The molecule has 5 nitrogen and oxygen atoms in total. The number of rotatable bonds is 4. The van der Waals surface area contributed by atoms with Crippen LogP contribution in [0.4, 0.5) is 18.9 Å². The van der Waals surface area contributed by atoms with Crippen LogP contribution in [0.1, 0.15) is 21.6 Å². The van der Waals surface area contributed by atoms with Gasteiger partial charge in [0.25, 0.3) is 5.91 Å². The first-order valence-electron chi connectivity index (χ1n) is 5.99. The van der Waals surface area contributed by atoms with Crippen LogP contribution in [-0.2, 0) is 12.7 Å². The third-order valence-corrected chi connectivity index (χ3v) is 2.97. The van der Waals surface area contributed by atoms with Gasteiger partial charge in [0.05, 0.1) is 11.3 Å². The third kappa shape index (κ3) is 3.64. The number of hydrogen-bond donors (Lipinski definition) is 2. The molecule has 0 fully saturated rings. The van der Waals surface area contributed by atoms with Gasteiger partial charge in [-0.1, -0.05) is 17.7 Å². The van der Waals surface area contributed by atoms with Crippen molar-refractivity contribution in [3.63, 3.8) is 0 Å². The number of halogens is 4. The van der Waals surface area contributed by atoms with Crippen LogP contribution in [0.5, 0.6) is 0 Å². The number of nitrogens with two attached hydrogens (primary N) is 1. The standard InChI is InChI=1S/C13H10ClF3N4O/c14-10-4-9(8(6-21-10)12(18)22)20-5-7-2-1-3-19-11(7)13(15,16)17/h1-4,6H,5H2,(H2,18,22)(H,20,21). The Morgan fingerprint density at radius 3 is 2.73 bits per heavy atom. The van der Waals surface area contributed by atoms with Crippen molar-refractivity contribution in [3.05, 3.63) is 52.6 Å². The van der Waals surface area contributed by atoms with E-state index in [-0.39, 0.29) is 28.5 Å². The molecule has 0 radical (unpaired) electrons. The second-order valence-electron chi connectivity index (χ2n) is 4.28. The Morgan fingerprint density at radius 1 is 1.36 bits per heavy atom. The molecule has 3 N–H and O–H groups in total. The minimum absolute atomic E-state index is 0.0295. The van der Waals surface area contributed by atoms with Crippen molar-refractivity contribution >= 4 is 23.2 Å². The van der Waals surface area contributed by atoms with Crippen molar-refractivity contribution in [1.82, 2.24) is 9.97 Å². The average Bonchev–Trinajstić information content (AvgIpc) is 2.44. The lowest BCUT2D eigenvalue weighted by Gasteiger charge is -2.14. The summed E-state index contributed by atoms with van der Waals surface area (Å²) in [5.41, 5.74) is 4.34. The quantitative estimate of drug-likeness (QED) is 0.845. The molecule has 1 amide bonds. The summed E-state index contributed by atoms with van der Waals surface area (Å²) < 4.78 is 38.6. The molecule has 9 heteroatoms. The minimum Gasteiger partial charge on any atom is -0.380 e. The van der Waals surface area contributed by atoms with Crippen molar-refractivity contribution in [2.45, 2.75) is 12.7 Å². The normalized spacial score (nSPS) is 11.3. The van der Waals surface area contributed by atoms with E-state index >= 15 is 0 Å². The molecule has 0 saturated heterocycles. The van der Waals surface area contributed by atoms with E-state index in [1.54, 1.807) is 0 Å². The fraction of sp³-hybridized carbons (Fsp3) is 0.154. The van der Waals surface area contributed by atoms with Gasteiger partial charge < -0.3 is 11.1 Å². The highest BCUT2D eigenvalue weighted by Gasteiger charge is 2.34. The van der Waals surface area contributed by atoms with E-state index in [0.717, 1.165) is 12.4 Å². The molecule has 0 unspecified atom stereocenters. The summed E-state index contributed by atoms with van der Waals surface area (Å²) >= 11 is 5.71. The molecule has 2 heterocycles. The summed E-state index contributed by atoms with van der Waals surface area (Å²) in [5, 5.41) is 2.78. The van der Waals surface area contributed by atoms with E-state index in [1.807, 2.05) is 0 Å². The predicted molar refractivity (Wildman–Crippen MR) is 74.3 cm³/mol. The van der Waals surface area contributed by atoms with Gasteiger partial charge in [-0.2, -0.15) is 13.2 Å². The lowest BCUT2D eigenvalue weighted by molar-refractivity contribution is -0.141. The van der Waals surface area contributed by atoms with Crippen LogP contribution in [0.3, 0.4) is 0 Å². The lowest BCUT2D eigenvalue weighted by Crippen LogP contribution is -2.17. The molecule has 0 aliphatic carbocycles. The van der Waals surface area contributed by atoms with Gasteiger partial charge in [0.15, 0.2) is 0 Å². The summed E-state index contributed by atoms with van der Waals surface area (Å²) in [6.45, 7) is -0.205. The molecule has 0 aliphatic heterocycles. The number of carbonyl (C=O) groups is 1. The number of carbonyl (C=O) groups excluding carboxylic acids is 1. The number of aromatic nitrogens is 2. The van der Waals surface area contributed by atoms with Crippen LogP contribution in [-0.4, -0.2) is 15.9 Å². The van der Waals surface area contributed by atoms with Crippen molar-refractivity contribution in [1.29, 1.82) is 0 Å². The predicted octanol–water partition coefficient (Wildman–Crippen LogP) is 2.86. The average molecular weight is 331 g/mol. The smallest absolute Gasteiger partial charge is 0.380 e. The van der Waals surface area contributed by atoms with Crippen molar-refractivity contribution in [3.8, 4) is 0 Å². The largest absolute Gasteiger partial charge is 0.433 e. The van der Waals surface area contributed by atoms with Gasteiger partial charge in [0.1, 0.15) is 10.8 Å². The second-order valence-corrected chi connectivity index (χ2v) is 4.67. The Bertz CT molecular complexity index is 706. The van der Waals surface area contributed by atoms with Crippen LogP contribution in [0.15, 0.2) is 30.6 Å². The first-order chi connectivity index (χ1) is 10.3. The molecule has 0 bridgehead atoms. The van der Waals surface area contributed by atoms with Crippen LogP contribution in [0.2, 0.25) is 5.15 Å². The summed E-state index contributed by atoms with van der Waals surface area (Å²) in [4.78, 5) is 18.3. The van der Waals surface area contributed by atoms with Gasteiger partial charge in [-0.05, 0) is 12.1 Å². The Morgan fingerprint density at radius 2 is 2.09 bits per heavy atom. The maximum absolute atomic E-state index is 12.9. The number of alkyl halides is 3. The van der Waals surface area contributed by atoms with E-state index in [4.69, 9.17) is 17.3 Å². The van der Waals surface area contributed by atoms with E-state index in [0.29, 0.717) is 0 Å². The Kier molecular flexibility index (Phi) is 4.51. The first-order valence-corrected chi connectivity index (χ1v) is 6.37. The van der Waals surface area contributed by atoms with Crippen LogP contribution in [0.25, 0.3) is 0 Å². The fourth-order valence-electron chi connectivity index (χ4n) is 1.80. The van der Waals surface area contributed by atoms with Gasteiger partial charge >= 0.3 is 6.18 Å². The molecule has 2 rings (SSSR count). The monoisotopic (exact) mass is 330 g/mol. The zero-order chi connectivity index (χ0) is 16.3. The highest BCUT2D eigenvalue weighted by molar-refractivity contribution is 6.29. The molecule has 0 aromatic carbocycles. The highest BCUT2D eigenvalue weighted by atomic mass is 35.5. The Labute approximate surface area is 128 Å². The number of nitrogens with zero attached hydrogens (tertiary/aromatic N) is 2. The molecule has 0 aliphatic rings. The van der Waals surface area contributed by atoms with Crippen LogP contribution < -0.4 is 11.1 Å². The molecule has 0 saturated carbocycles. The number of nitrogens with one attached hydrogen (secondary N) is 1. The molecular formula is C13H10ClF3N4O. The zero-order valence-corrected chi connectivity index (χ0v) is 11.7. The maximum atomic E-state index is 12.9. The first kappa shape index (κ1) is 16.0. The minimum atomic E-state index is -4.57. The van der Waals surface area contributed by atoms with Crippen molar-refractivity contribution in [2.75, 3.05) is 5.32 Å². The topological polar surface area (TPSA) is 80.9 Å². The highest BCUT2D eigenvalue weighted by Crippen LogP contribution is 2.30. The second kappa shape index (κ2) is 6.18. The van der Waals surface area contributed by atoms with E-state index in [9.17, 15) is 18.0 Å². The van der Waals surface area contributed by atoms with Crippen molar-refractivity contribution < 1.29 is 18.0 Å². The zero-order valence-electron chi connectivity index (χ0n) is 11.0. The molecule has 0 atom stereocenters. The van der Waals surface area contributed by atoms with Crippen LogP contribution in [0, 0.1) is 0 Å². The summed E-state index contributed by atoms with van der Waals surface area (Å²) in [6, 6.07) is 3.99. The Hall–Kier alpha value is -2.35. The van der Waals surface area contributed by atoms with Crippen molar-refractivity contribution in [2.24, 2.45) is 5.73 Å². The SMILES string of the molecule is NC(=O)c1cnc(Cl)cc1NCc1cccnc1C(F)(F)F. The molecule has 2 aromatic rings. The Balaban J connectivity index is 2.28. The number of hydrogen-bond acceptors (Lipinski definition) is 4. The van der Waals surface area contributed by atoms with E-state index < -0.39 is 17.8 Å². The number of amides is 1. The van der Waals surface area contributed by atoms with E-state index in [2.05, 4.69) is 15.3 Å². The molecule has 0 spiro atoms. The maximum Gasteiger partial charge on any atom is 0.433 e. The number of primary amides is 1. The molecule has 116 valence electrons. The van der Waals surface area contributed by atoms with Crippen LogP contribution >= 0.6 is 11.6 Å². The molecule has 2 aromatic heterocycles. The van der Waals surface area contributed by atoms with Gasteiger partial charge in [0, 0.05) is 24.5 Å². The van der Waals surface area contributed by atoms with Gasteiger partial charge in [-0.25, -0.2) is 4.98 Å². The number of anilines is 1. The molecule has 22 heavy (non-hydrogen) atoms. The summed E-state index contributed by atoms with van der Waals surface area (Å²) in [6.07, 6.45) is -2.36. The van der Waals surface area contributed by atoms with Gasteiger partial charge in [-0.3, -0.25) is 9.78 Å². The van der Waals surface area contributed by atoms with Gasteiger partial charge in [0.2, 0.25) is 0 Å². The number of pyridine rings is 2. The lowest BCUT2D eigenvalue weighted by atomic mass is 10.1. The molecular weight excluding hydrogens is 321 g/mol. The van der Waals surface area contributed by atoms with Gasteiger partial charge in [-0.15, -0.1) is 0 Å².